The molecule has 2 aromatic rings. The van der Waals surface area contributed by atoms with E-state index in [1.165, 1.54) is 23.5 Å². The number of thiophene rings is 1. The van der Waals surface area contributed by atoms with E-state index < -0.39 is 17.7 Å². The highest BCUT2D eigenvalue weighted by Gasteiger charge is 2.12. The summed E-state index contributed by atoms with van der Waals surface area (Å²) < 4.78 is 26.8. The minimum Gasteiger partial charge on any atom is -0.387 e. The van der Waals surface area contributed by atoms with Gasteiger partial charge in [0.25, 0.3) is 0 Å². The lowest BCUT2D eigenvalue weighted by molar-refractivity contribution is 0.182. The molecule has 0 fully saturated rings. The fourth-order valence-electron chi connectivity index (χ4n) is 1.56. The Morgan fingerprint density at radius 3 is 2.35 bits per heavy atom. The number of hydrogen-bond donors (Lipinski definition) is 1. The van der Waals surface area contributed by atoms with Crippen molar-refractivity contribution in [1.82, 2.24) is 0 Å². The monoisotopic (exact) mass is 318 g/mol. The van der Waals surface area contributed by atoms with Crippen LogP contribution in [0.3, 0.4) is 0 Å². The molecule has 90 valence electrons. The average Bonchev–Trinajstić information content (AvgIpc) is 2.63. The molecule has 5 heteroatoms. The van der Waals surface area contributed by atoms with Gasteiger partial charge < -0.3 is 5.11 Å². The van der Waals surface area contributed by atoms with Gasteiger partial charge in [-0.25, -0.2) is 8.78 Å². The number of hydrogen-bond acceptors (Lipinski definition) is 2. The van der Waals surface area contributed by atoms with Crippen LogP contribution in [-0.4, -0.2) is 5.11 Å². The highest BCUT2D eigenvalue weighted by molar-refractivity contribution is 9.11. The molecule has 2 rings (SSSR count). The molecule has 17 heavy (non-hydrogen) atoms. The van der Waals surface area contributed by atoms with Gasteiger partial charge in [0.2, 0.25) is 0 Å². The van der Waals surface area contributed by atoms with Crippen LogP contribution in [0.15, 0.2) is 34.1 Å². The van der Waals surface area contributed by atoms with Gasteiger partial charge in [-0.3, -0.25) is 0 Å². The van der Waals surface area contributed by atoms with E-state index in [1.807, 2.05) is 6.07 Å². The lowest BCUT2D eigenvalue weighted by Crippen LogP contribution is -2.00. The summed E-state index contributed by atoms with van der Waals surface area (Å²) >= 11 is 4.70. The molecule has 1 aromatic heterocycles. The topological polar surface area (TPSA) is 20.2 Å². The molecule has 1 N–H and O–H groups in total. The van der Waals surface area contributed by atoms with Gasteiger partial charge in [0.05, 0.1) is 9.89 Å². The van der Waals surface area contributed by atoms with Crippen LogP contribution in [0, 0.1) is 11.6 Å². The van der Waals surface area contributed by atoms with E-state index in [0.29, 0.717) is 5.56 Å². The minimum atomic E-state index is -0.743. The van der Waals surface area contributed by atoms with Crippen molar-refractivity contribution in [3.05, 3.63) is 56.2 Å². The summed E-state index contributed by atoms with van der Waals surface area (Å²) in [4.78, 5) is 0.765. The Balaban J connectivity index is 2.15. The first-order valence-corrected chi connectivity index (χ1v) is 6.54. The van der Waals surface area contributed by atoms with Gasteiger partial charge in [-0.2, -0.15) is 0 Å². The molecular weight excluding hydrogens is 310 g/mol. The normalized spacial score (nSPS) is 12.7. The number of aliphatic hydroxyl groups is 1. The molecule has 0 radical (unpaired) electrons. The molecule has 0 aliphatic carbocycles. The number of benzene rings is 1. The van der Waals surface area contributed by atoms with Gasteiger partial charge in [-0.05, 0) is 45.8 Å². The summed E-state index contributed by atoms with van der Waals surface area (Å²) in [7, 11) is 0. The molecular formula is C12H9BrF2OS. The quantitative estimate of drug-likeness (QED) is 0.904. The number of rotatable bonds is 3. The van der Waals surface area contributed by atoms with Gasteiger partial charge in [0.1, 0.15) is 11.6 Å². The van der Waals surface area contributed by atoms with E-state index >= 15 is 0 Å². The van der Waals surface area contributed by atoms with Crippen molar-refractivity contribution >= 4 is 27.3 Å². The fraction of sp³-hybridized carbons (Fsp3) is 0.167. The number of halogens is 3. The fourth-order valence-corrected chi connectivity index (χ4v) is 2.97. The van der Waals surface area contributed by atoms with Crippen LogP contribution in [0.5, 0.6) is 0 Å². The second kappa shape index (κ2) is 5.25. The van der Waals surface area contributed by atoms with Gasteiger partial charge in [-0.15, -0.1) is 11.3 Å². The predicted octanol–water partition coefficient (Wildman–Crippen LogP) is 4.06. The summed E-state index contributed by atoms with van der Waals surface area (Å²) in [6, 6.07) is 6.89. The lowest BCUT2D eigenvalue weighted by Gasteiger charge is -2.08. The summed E-state index contributed by atoms with van der Waals surface area (Å²) in [5.74, 6) is -1.25. The van der Waals surface area contributed by atoms with Crippen LogP contribution in [0.2, 0.25) is 0 Å². The van der Waals surface area contributed by atoms with E-state index in [0.717, 1.165) is 14.7 Å². The smallest absolute Gasteiger partial charge is 0.126 e. The van der Waals surface area contributed by atoms with E-state index in [4.69, 9.17) is 0 Å². The Hall–Kier alpha value is -0.780. The summed E-state index contributed by atoms with van der Waals surface area (Å²) in [6.45, 7) is 0. The van der Waals surface area contributed by atoms with E-state index in [2.05, 4.69) is 15.9 Å². The molecule has 0 amide bonds. The molecule has 1 unspecified atom stereocenters. The second-order valence-electron chi connectivity index (χ2n) is 3.64. The number of aliphatic hydroxyl groups excluding tert-OH is 1. The third kappa shape index (κ3) is 3.34. The first-order chi connectivity index (χ1) is 8.04. The first kappa shape index (κ1) is 12.7. The maximum atomic E-state index is 13.0. The predicted molar refractivity (Wildman–Crippen MR) is 67.0 cm³/mol. The van der Waals surface area contributed by atoms with Crippen LogP contribution < -0.4 is 0 Å². The SMILES string of the molecule is OC(Cc1cc(F)cc(F)c1)c1ccc(Br)s1. The molecule has 0 spiro atoms. The molecule has 1 aromatic carbocycles. The Morgan fingerprint density at radius 1 is 1.18 bits per heavy atom. The standard InChI is InChI=1S/C12H9BrF2OS/c13-12-2-1-11(17-12)10(16)5-7-3-8(14)6-9(15)4-7/h1-4,6,10,16H,5H2. The van der Waals surface area contributed by atoms with Gasteiger partial charge in [-0.1, -0.05) is 0 Å². The van der Waals surface area contributed by atoms with Crippen LogP contribution >= 0.6 is 27.3 Å². The van der Waals surface area contributed by atoms with Crippen molar-refractivity contribution in [3.63, 3.8) is 0 Å². The van der Waals surface area contributed by atoms with Crippen molar-refractivity contribution in [3.8, 4) is 0 Å². The molecule has 0 saturated carbocycles. The first-order valence-electron chi connectivity index (χ1n) is 4.93. The summed E-state index contributed by atoms with van der Waals surface area (Å²) in [6.07, 6.45) is -0.547. The highest BCUT2D eigenvalue weighted by atomic mass is 79.9. The Kier molecular flexibility index (Phi) is 3.91. The van der Waals surface area contributed by atoms with Crippen molar-refractivity contribution < 1.29 is 13.9 Å². The zero-order valence-electron chi connectivity index (χ0n) is 8.66. The molecule has 0 aliphatic rings. The highest BCUT2D eigenvalue weighted by Crippen LogP contribution is 2.29. The van der Waals surface area contributed by atoms with Gasteiger partial charge in [0, 0.05) is 17.4 Å². The molecule has 0 aliphatic heterocycles. The Labute approximate surface area is 110 Å². The zero-order chi connectivity index (χ0) is 12.4. The third-order valence-electron chi connectivity index (χ3n) is 2.27. The van der Waals surface area contributed by atoms with Crippen LogP contribution in [0.4, 0.5) is 8.78 Å². The second-order valence-corrected chi connectivity index (χ2v) is 6.13. The van der Waals surface area contributed by atoms with E-state index in [-0.39, 0.29) is 6.42 Å². The zero-order valence-corrected chi connectivity index (χ0v) is 11.1. The van der Waals surface area contributed by atoms with Crippen LogP contribution in [0.1, 0.15) is 16.5 Å². The Morgan fingerprint density at radius 2 is 1.82 bits per heavy atom. The van der Waals surface area contributed by atoms with Crippen molar-refractivity contribution in [2.75, 3.05) is 0 Å². The maximum absolute atomic E-state index is 13.0. The van der Waals surface area contributed by atoms with Crippen LogP contribution in [-0.2, 0) is 6.42 Å². The van der Waals surface area contributed by atoms with Crippen LogP contribution in [0.25, 0.3) is 0 Å². The molecule has 0 saturated heterocycles. The average molecular weight is 319 g/mol. The van der Waals surface area contributed by atoms with Gasteiger partial charge in [0.15, 0.2) is 0 Å². The largest absolute Gasteiger partial charge is 0.387 e. The molecule has 1 heterocycles. The summed E-state index contributed by atoms with van der Waals surface area (Å²) in [5.41, 5.74) is 0.444. The molecule has 0 bridgehead atoms. The minimum absolute atomic E-state index is 0.196. The van der Waals surface area contributed by atoms with Crippen molar-refractivity contribution in [2.45, 2.75) is 12.5 Å². The molecule has 1 atom stereocenters. The Bertz CT molecular complexity index is 507. The molecule has 1 nitrogen and oxygen atoms in total. The maximum Gasteiger partial charge on any atom is 0.126 e. The van der Waals surface area contributed by atoms with Crippen molar-refractivity contribution in [1.29, 1.82) is 0 Å². The summed E-state index contributed by atoms with van der Waals surface area (Å²) in [5, 5.41) is 9.91. The van der Waals surface area contributed by atoms with Crippen molar-refractivity contribution in [2.24, 2.45) is 0 Å². The lowest BCUT2D eigenvalue weighted by atomic mass is 10.1. The van der Waals surface area contributed by atoms with E-state index in [9.17, 15) is 13.9 Å². The third-order valence-corrected chi connectivity index (χ3v) is 4.00. The van der Waals surface area contributed by atoms with E-state index in [1.54, 1.807) is 6.07 Å². The van der Waals surface area contributed by atoms with Gasteiger partial charge >= 0.3 is 0 Å².